The van der Waals surface area contributed by atoms with E-state index in [0.29, 0.717) is 34.8 Å². The van der Waals surface area contributed by atoms with Gasteiger partial charge in [0.1, 0.15) is 0 Å². The van der Waals surface area contributed by atoms with Gasteiger partial charge in [-0.25, -0.2) is 0 Å². The van der Waals surface area contributed by atoms with Crippen molar-refractivity contribution in [3.05, 3.63) is 124 Å². The van der Waals surface area contributed by atoms with Crippen molar-refractivity contribution in [2.45, 2.75) is 30.9 Å². The van der Waals surface area contributed by atoms with Gasteiger partial charge in [0.2, 0.25) is 0 Å². The summed E-state index contributed by atoms with van der Waals surface area (Å²) in [6.45, 7) is 4.63. The molecule has 0 saturated heterocycles. The van der Waals surface area contributed by atoms with Gasteiger partial charge < -0.3 is 10.6 Å². The molecule has 7 heteroatoms. The normalized spacial score (nSPS) is 10.7. The molecular weight excluding hydrogens is 502 g/mol. The zero-order valence-corrected chi connectivity index (χ0v) is 22.3. The van der Waals surface area contributed by atoms with Crippen LogP contribution < -0.4 is 10.6 Å². The molecule has 2 N–H and O–H groups in total. The van der Waals surface area contributed by atoms with E-state index >= 15 is 0 Å². The Hall–Kier alpha value is -3.61. The van der Waals surface area contributed by atoms with Gasteiger partial charge in [0.25, 0.3) is 11.8 Å². The summed E-state index contributed by atoms with van der Waals surface area (Å²) in [6, 6.07) is 22.6. The average molecular weight is 530 g/mol. The van der Waals surface area contributed by atoms with Gasteiger partial charge in [-0.05, 0) is 85.0 Å². The number of hydrogen-bond donors (Lipinski definition) is 2. The van der Waals surface area contributed by atoms with Gasteiger partial charge in [0, 0.05) is 40.2 Å². The van der Waals surface area contributed by atoms with Gasteiger partial charge in [-0.2, -0.15) is 0 Å². The molecule has 0 bridgehead atoms. The summed E-state index contributed by atoms with van der Waals surface area (Å²) in [5.41, 5.74) is 5.90. The van der Waals surface area contributed by atoms with Gasteiger partial charge >= 0.3 is 0 Å². The summed E-state index contributed by atoms with van der Waals surface area (Å²) in [7, 11) is 0. The van der Waals surface area contributed by atoms with Crippen molar-refractivity contribution in [3.8, 4) is 0 Å². The van der Waals surface area contributed by atoms with E-state index in [4.69, 9.17) is 11.6 Å². The van der Waals surface area contributed by atoms with Crippen LogP contribution in [0.4, 0.5) is 5.69 Å². The molecule has 188 valence electrons. The van der Waals surface area contributed by atoms with Crippen molar-refractivity contribution >= 4 is 40.9 Å². The minimum Gasteiger partial charge on any atom is -0.352 e. The molecule has 5 nitrogen and oxygen atoms in total. The van der Waals surface area contributed by atoms with Crippen LogP contribution >= 0.6 is 23.4 Å². The summed E-state index contributed by atoms with van der Waals surface area (Å²) in [4.78, 5) is 31.2. The highest BCUT2D eigenvalue weighted by Gasteiger charge is 2.15. The second-order valence-electron chi connectivity index (χ2n) is 8.74. The summed E-state index contributed by atoms with van der Waals surface area (Å²) in [5, 5.41) is 6.26. The van der Waals surface area contributed by atoms with E-state index in [1.54, 1.807) is 48.4 Å². The Morgan fingerprint density at radius 1 is 0.865 bits per heavy atom. The number of aryl methyl sites for hydroxylation is 2. The maximum Gasteiger partial charge on any atom is 0.255 e. The number of nitrogens with zero attached hydrogens (tertiary/aromatic N) is 1. The Balaban J connectivity index is 1.40. The van der Waals surface area contributed by atoms with Gasteiger partial charge in [-0.1, -0.05) is 41.9 Å². The molecule has 0 radical (unpaired) electrons. The van der Waals surface area contributed by atoms with Crippen molar-refractivity contribution in [3.63, 3.8) is 0 Å². The van der Waals surface area contributed by atoms with E-state index < -0.39 is 0 Å². The Bertz CT molecular complexity index is 1410. The molecule has 0 saturated carbocycles. The maximum absolute atomic E-state index is 13.1. The number of pyridine rings is 1. The van der Waals surface area contributed by atoms with Crippen LogP contribution in [0, 0.1) is 13.8 Å². The SMILES string of the molecule is Cc1ccc(CCNC(=O)c2cc(Cl)ccc2NC(=O)c2cccc(CSc3ccncc3)c2)cc1C. The Labute approximate surface area is 226 Å². The molecule has 3 aromatic carbocycles. The largest absolute Gasteiger partial charge is 0.352 e. The number of nitrogens with one attached hydrogen (secondary N) is 2. The first kappa shape index (κ1) is 26.5. The van der Waals surface area contributed by atoms with E-state index in [2.05, 4.69) is 47.7 Å². The first-order valence-electron chi connectivity index (χ1n) is 12.0. The van der Waals surface area contributed by atoms with Crippen molar-refractivity contribution in [2.24, 2.45) is 0 Å². The molecule has 0 aliphatic rings. The highest BCUT2D eigenvalue weighted by molar-refractivity contribution is 7.98. The number of thioether (sulfide) groups is 1. The molecule has 0 aliphatic carbocycles. The monoisotopic (exact) mass is 529 g/mol. The summed E-state index contributed by atoms with van der Waals surface area (Å²) >= 11 is 7.86. The quantitative estimate of drug-likeness (QED) is 0.232. The topological polar surface area (TPSA) is 71.1 Å². The summed E-state index contributed by atoms with van der Waals surface area (Å²) in [6.07, 6.45) is 4.23. The molecule has 1 heterocycles. The fraction of sp³-hybridized carbons (Fsp3) is 0.167. The highest BCUT2D eigenvalue weighted by Crippen LogP contribution is 2.24. The molecule has 0 unspecified atom stereocenters. The number of aromatic nitrogens is 1. The number of hydrogen-bond acceptors (Lipinski definition) is 4. The second kappa shape index (κ2) is 12.6. The lowest BCUT2D eigenvalue weighted by Crippen LogP contribution is -2.27. The lowest BCUT2D eigenvalue weighted by atomic mass is 10.0. The number of anilines is 1. The molecule has 0 aliphatic heterocycles. The van der Waals surface area contributed by atoms with Gasteiger partial charge in [-0.3, -0.25) is 14.6 Å². The van der Waals surface area contributed by atoms with Crippen LogP contribution in [0.3, 0.4) is 0 Å². The number of amides is 2. The van der Waals surface area contributed by atoms with Crippen LogP contribution in [0.1, 0.15) is 43.0 Å². The lowest BCUT2D eigenvalue weighted by Gasteiger charge is -2.13. The minimum absolute atomic E-state index is 0.288. The average Bonchev–Trinajstić information content (AvgIpc) is 2.91. The zero-order valence-electron chi connectivity index (χ0n) is 20.8. The van der Waals surface area contributed by atoms with Crippen molar-refractivity contribution in [2.75, 3.05) is 11.9 Å². The van der Waals surface area contributed by atoms with E-state index in [0.717, 1.165) is 21.8 Å². The van der Waals surface area contributed by atoms with Crippen LogP contribution in [0.25, 0.3) is 0 Å². The fourth-order valence-electron chi connectivity index (χ4n) is 3.79. The van der Waals surface area contributed by atoms with Crippen LogP contribution in [-0.4, -0.2) is 23.3 Å². The molecular formula is C30H28ClN3O2S. The van der Waals surface area contributed by atoms with E-state index in [1.165, 1.54) is 11.1 Å². The highest BCUT2D eigenvalue weighted by atomic mass is 35.5. The van der Waals surface area contributed by atoms with Gasteiger partial charge in [0.05, 0.1) is 11.3 Å². The third-order valence-electron chi connectivity index (χ3n) is 5.99. The van der Waals surface area contributed by atoms with E-state index in [1.807, 2.05) is 30.3 Å². The Kier molecular flexibility index (Phi) is 8.99. The number of halogens is 1. The fourth-order valence-corrected chi connectivity index (χ4v) is 4.79. The minimum atomic E-state index is -0.290. The summed E-state index contributed by atoms with van der Waals surface area (Å²) < 4.78 is 0. The predicted molar refractivity (Wildman–Crippen MR) is 152 cm³/mol. The molecule has 4 aromatic rings. The Morgan fingerprint density at radius 3 is 2.46 bits per heavy atom. The van der Waals surface area contributed by atoms with Crippen LogP contribution in [0.15, 0.2) is 90.1 Å². The Morgan fingerprint density at radius 2 is 1.68 bits per heavy atom. The van der Waals surface area contributed by atoms with Crippen LogP contribution in [-0.2, 0) is 12.2 Å². The van der Waals surface area contributed by atoms with Crippen molar-refractivity contribution in [1.82, 2.24) is 10.3 Å². The molecule has 0 fully saturated rings. The number of carbonyl (C=O) groups is 2. The smallest absolute Gasteiger partial charge is 0.255 e. The van der Waals surface area contributed by atoms with E-state index in [-0.39, 0.29) is 11.8 Å². The first-order chi connectivity index (χ1) is 17.9. The molecule has 2 amide bonds. The van der Waals surface area contributed by atoms with Gasteiger partial charge in [-0.15, -0.1) is 11.8 Å². The zero-order chi connectivity index (χ0) is 26.2. The number of carbonyl (C=O) groups excluding carboxylic acids is 2. The maximum atomic E-state index is 13.1. The van der Waals surface area contributed by atoms with Crippen LogP contribution in [0.5, 0.6) is 0 Å². The van der Waals surface area contributed by atoms with Crippen molar-refractivity contribution in [1.29, 1.82) is 0 Å². The van der Waals surface area contributed by atoms with Gasteiger partial charge in [0.15, 0.2) is 0 Å². The van der Waals surface area contributed by atoms with Crippen LogP contribution in [0.2, 0.25) is 5.02 Å². The number of benzene rings is 3. The molecule has 0 spiro atoms. The second-order valence-corrected chi connectivity index (χ2v) is 10.2. The molecule has 1 aromatic heterocycles. The third-order valence-corrected chi connectivity index (χ3v) is 7.31. The summed E-state index contributed by atoms with van der Waals surface area (Å²) in [5.74, 6) is 0.145. The van der Waals surface area contributed by atoms with Crippen molar-refractivity contribution < 1.29 is 9.59 Å². The number of rotatable bonds is 9. The standard InChI is InChI=1S/C30H28ClN3O2S/c1-20-6-7-22(16-21(20)2)10-15-33-30(36)27-18-25(31)8-9-28(27)34-29(35)24-5-3-4-23(17-24)19-37-26-11-13-32-14-12-26/h3-9,11-14,16-18H,10,15,19H2,1-2H3,(H,33,36)(H,34,35). The third kappa shape index (κ3) is 7.44. The first-order valence-corrected chi connectivity index (χ1v) is 13.3. The molecule has 0 atom stereocenters. The molecule has 37 heavy (non-hydrogen) atoms. The predicted octanol–water partition coefficient (Wildman–Crippen LogP) is 6.87. The molecule has 4 rings (SSSR count). The lowest BCUT2D eigenvalue weighted by molar-refractivity contribution is 0.0955. The van der Waals surface area contributed by atoms with E-state index in [9.17, 15) is 9.59 Å².